The van der Waals surface area contributed by atoms with Gasteiger partial charge in [-0.25, -0.2) is 4.79 Å². The van der Waals surface area contributed by atoms with E-state index >= 15 is 0 Å². The van der Waals surface area contributed by atoms with Crippen molar-refractivity contribution in [1.82, 2.24) is 10.2 Å². The molecular formula is C27H32N2O5. The topological polar surface area (TPSA) is 95.9 Å². The molecule has 1 saturated carbocycles. The van der Waals surface area contributed by atoms with Crippen molar-refractivity contribution in [3.05, 3.63) is 59.7 Å². The maximum absolute atomic E-state index is 13.3. The van der Waals surface area contributed by atoms with Crippen LogP contribution in [0.25, 0.3) is 11.1 Å². The first kappa shape index (κ1) is 23.8. The first-order valence-electron chi connectivity index (χ1n) is 12.0. The van der Waals surface area contributed by atoms with Crippen molar-refractivity contribution in [2.75, 3.05) is 20.2 Å². The Morgan fingerprint density at radius 3 is 2.18 bits per heavy atom. The molecule has 7 heteroatoms. The quantitative estimate of drug-likeness (QED) is 0.597. The molecule has 1 fully saturated rings. The van der Waals surface area contributed by atoms with Crippen LogP contribution in [-0.2, 0) is 14.3 Å². The smallest absolute Gasteiger partial charge is 0.408 e. The van der Waals surface area contributed by atoms with E-state index in [9.17, 15) is 14.4 Å². The Balaban J connectivity index is 1.43. The van der Waals surface area contributed by atoms with Gasteiger partial charge in [-0.05, 0) is 41.5 Å². The van der Waals surface area contributed by atoms with Crippen molar-refractivity contribution in [1.29, 1.82) is 0 Å². The molecule has 2 aliphatic carbocycles. The summed E-state index contributed by atoms with van der Waals surface area (Å²) < 4.78 is 5.71. The van der Waals surface area contributed by atoms with Gasteiger partial charge in [0.25, 0.3) is 0 Å². The fraction of sp³-hybridized carbons (Fsp3) is 0.444. The molecule has 34 heavy (non-hydrogen) atoms. The third-order valence-electron chi connectivity index (χ3n) is 7.03. The SMILES string of the molecule is CN(CCCC(=O)O)C(=O)C1(NC(=O)OCC2c3ccccc3-c3ccccc32)CCCCC1. The zero-order chi connectivity index (χ0) is 24.1. The Morgan fingerprint density at radius 1 is 1.00 bits per heavy atom. The molecule has 2 aliphatic rings. The van der Waals surface area contributed by atoms with E-state index in [0.717, 1.165) is 41.5 Å². The fourth-order valence-corrected chi connectivity index (χ4v) is 5.31. The lowest BCUT2D eigenvalue weighted by Gasteiger charge is -2.39. The number of carbonyl (C=O) groups excluding carboxylic acids is 2. The number of carboxylic acids is 1. The molecule has 0 atom stereocenters. The molecule has 0 aliphatic heterocycles. The first-order valence-corrected chi connectivity index (χ1v) is 12.0. The zero-order valence-electron chi connectivity index (χ0n) is 19.6. The highest BCUT2D eigenvalue weighted by Gasteiger charge is 2.43. The van der Waals surface area contributed by atoms with Gasteiger partial charge in [0.15, 0.2) is 0 Å². The summed E-state index contributed by atoms with van der Waals surface area (Å²) in [6.07, 6.45) is 3.61. The summed E-state index contributed by atoms with van der Waals surface area (Å²) in [6, 6.07) is 16.3. The van der Waals surface area contributed by atoms with Crippen LogP contribution in [0.4, 0.5) is 4.79 Å². The molecule has 4 rings (SSSR count). The highest BCUT2D eigenvalue weighted by molar-refractivity contribution is 5.90. The molecule has 0 saturated heterocycles. The number of amides is 2. The number of hydrogen-bond donors (Lipinski definition) is 2. The van der Waals surface area contributed by atoms with E-state index in [-0.39, 0.29) is 24.9 Å². The lowest BCUT2D eigenvalue weighted by molar-refractivity contribution is -0.140. The molecule has 0 spiro atoms. The van der Waals surface area contributed by atoms with Crippen molar-refractivity contribution in [3.63, 3.8) is 0 Å². The standard InChI is InChI=1S/C27H32N2O5/c1-29(17-9-14-24(30)31)25(32)27(15-7-2-8-16-27)28-26(33)34-18-23-21-12-5-3-10-19(21)20-11-4-6-13-22(20)23/h3-6,10-13,23H,2,7-9,14-18H2,1H3,(H,28,33)(H,30,31). The summed E-state index contributed by atoms with van der Waals surface area (Å²) >= 11 is 0. The fourth-order valence-electron chi connectivity index (χ4n) is 5.31. The zero-order valence-corrected chi connectivity index (χ0v) is 19.6. The highest BCUT2D eigenvalue weighted by Crippen LogP contribution is 2.44. The lowest BCUT2D eigenvalue weighted by Crippen LogP contribution is -2.60. The molecule has 0 bridgehead atoms. The van der Waals surface area contributed by atoms with Crippen molar-refractivity contribution in [3.8, 4) is 11.1 Å². The Kier molecular flexibility index (Phi) is 7.20. The highest BCUT2D eigenvalue weighted by atomic mass is 16.5. The number of benzene rings is 2. The number of alkyl carbamates (subject to hydrolysis) is 1. The van der Waals surface area contributed by atoms with E-state index in [0.29, 0.717) is 25.8 Å². The number of ether oxygens (including phenoxy) is 1. The molecular weight excluding hydrogens is 432 g/mol. The number of rotatable bonds is 8. The van der Waals surface area contributed by atoms with Gasteiger partial charge in [0, 0.05) is 25.9 Å². The second kappa shape index (κ2) is 10.3. The van der Waals surface area contributed by atoms with Gasteiger partial charge in [-0.15, -0.1) is 0 Å². The molecule has 7 nitrogen and oxygen atoms in total. The van der Waals surface area contributed by atoms with Crippen LogP contribution >= 0.6 is 0 Å². The van der Waals surface area contributed by atoms with Crippen LogP contribution in [0.15, 0.2) is 48.5 Å². The first-order chi connectivity index (χ1) is 16.4. The Labute approximate surface area is 200 Å². The molecule has 180 valence electrons. The van der Waals surface area contributed by atoms with E-state index in [1.807, 2.05) is 24.3 Å². The van der Waals surface area contributed by atoms with Gasteiger partial charge in [-0.3, -0.25) is 9.59 Å². The van der Waals surface area contributed by atoms with Crippen LogP contribution in [0.3, 0.4) is 0 Å². The molecule has 0 heterocycles. The summed E-state index contributed by atoms with van der Waals surface area (Å²) in [5, 5.41) is 11.8. The normalized spacial score (nSPS) is 16.3. The predicted octanol–water partition coefficient (Wildman–Crippen LogP) is 4.55. The number of carboxylic acid groups (broad SMARTS) is 1. The molecule has 2 amide bonds. The van der Waals surface area contributed by atoms with Crippen molar-refractivity contribution in [2.45, 2.75) is 56.4 Å². The van der Waals surface area contributed by atoms with Crippen LogP contribution in [0, 0.1) is 0 Å². The Hall–Kier alpha value is -3.35. The predicted molar refractivity (Wildman–Crippen MR) is 129 cm³/mol. The average Bonchev–Trinajstić information content (AvgIpc) is 3.16. The van der Waals surface area contributed by atoms with Gasteiger partial charge in [-0.1, -0.05) is 67.8 Å². The van der Waals surface area contributed by atoms with Crippen LogP contribution < -0.4 is 5.32 Å². The maximum Gasteiger partial charge on any atom is 0.408 e. The Morgan fingerprint density at radius 2 is 1.59 bits per heavy atom. The minimum absolute atomic E-state index is 0.00439. The van der Waals surface area contributed by atoms with Gasteiger partial charge in [-0.2, -0.15) is 0 Å². The minimum atomic E-state index is -1.00. The summed E-state index contributed by atoms with van der Waals surface area (Å²) in [4.78, 5) is 38.6. The number of hydrogen-bond acceptors (Lipinski definition) is 4. The second-order valence-corrected chi connectivity index (χ2v) is 9.32. The maximum atomic E-state index is 13.3. The van der Waals surface area contributed by atoms with Crippen molar-refractivity contribution < 1.29 is 24.2 Å². The van der Waals surface area contributed by atoms with Gasteiger partial charge in [0.1, 0.15) is 12.1 Å². The summed E-state index contributed by atoms with van der Waals surface area (Å²) in [5.41, 5.74) is 3.60. The van der Waals surface area contributed by atoms with E-state index in [1.54, 1.807) is 7.05 Å². The van der Waals surface area contributed by atoms with Gasteiger partial charge in [0.05, 0.1) is 0 Å². The third kappa shape index (κ3) is 4.93. The average molecular weight is 465 g/mol. The van der Waals surface area contributed by atoms with Crippen molar-refractivity contribution in [2.24, 2.45) is 0 Å². The third-order valence-corrected chi connectivity index (χ3v) is 7.03. The summed E-state index contributed by atoms with van der Waals surface area (Å²) in [6.45, 7) is 0.526. The number of likely N-dealkylation sites (N-methyl/N-ethyl adjacent to an activating group) is 1. The molecule has 0 radical (unpaired) electrons. The molecule has 2 aromatic rings. The van der Waals surface area contributed by atoms with E-state index in [1.165, 1.54) is 4.90 Å². The van der Waals surface area contributed by atoms with E-state index in [4.69, 9.17) is 9.84 Å². The Bertz CT molecular complexity index is 1010. The molecule has 2 aromatic carbocycles. The number of nitrogens with zero attached hydrogens (tertiary/aromatic N) is 1. The summed E-state index contributed by atoms with van der Waals surface area (Å²) in [5.74, 6) is -1.11. The number of aliphatic carboxylic acids is 1. The van der Waals surface area contributed by atoms with Gasteiger partial charge >= 0.3 is 12.1 Å². The van der Waals surface area contributed by atoms with Crippen molar-refractivity contribution >= 4 is 18.0 Å². The van der Waals surface area contributed by atoms with Crippen LogP contribution in [-0.4, -0.2) is 53.7 Å². The van der Waals surface area contributed by atoms with Gasteiger partial charge < -0.3 is 20.1 Å². The van der Waals surface area contributed by atoms with Crippen LogP contribution in [0.5, 0.6) is 0 Å². The van der Waals surface area contributed by atoms with E-state index < -0.39 is 17.6 Å². The molecule has 2 N–H and O–H groups in total. The van der Waals surface area contributed by atoms with E-state index in [2.05, 4.69) is 29.6 Å². The number of fused-ring (bicyclic) bond motifs is 3. The van der Waals surface area contributed by atoms with Crippen LogP contribution in [0.2, 0.25) is 0 Å². The summed E-state index contributed by atoms with van der Waals surface area (Å²) in [7, 11) is 1.67. The monoisotopic (exact) mass is 464 g/mol. The molecule has 0 unspecified atom stereocenters. The molecule has 0 aromatic heterocycles. The lowest BCUT2D eigenvalue weighted by atomic mass is 9.80. The number of nitrogens with one attached hydrogen (secondary N) is 1. The van der Waals surface area contributed by atoms with Crippen LogP contribution in [0.1, 0.15) is 62.0 Å². The van der Waals surface area contributed by atoms with Gasteiger partial charge in [0.2, 0.25) is 5.91 Å². The second-order valence-electron chi connectivity index (χ2n) is 9.32. The largest absolute Gasteiger partial charge is 0.481 e. The minimum Gasteiger partial charge on any atom is -0.481 e. The number of carbonyl (C=O) groups is 3.